The first-order valence-corrected chi connectivity index (χ1v) is 13.9. The summed E-state index contributed by atoms with van der Waals surface area (Å²) in [6, 6.07) is 9.46. The Morgan fingerprint density at radius 3 is 2.57 bits per heavy atom. The molecule has 1 aliphatic rings. The molecule has 1 amide bonds. The Hall–Kier alpha value is -4.10. The smallest absolute Gasteiger partial charge is 0.256 e. The van der Waals surface area contributed by atoms with Crippen molar-refractivity contribution in [2.45, 2.75) is 0 Å². The van der Waals surface area contributed by atoms with Crippen molar-refractivity contribution in [3.8, 4) is 0 Å². The van der Waals surface area contributed by atoms with Gasteiger partial charge in [0.05, 0.1) is 13.2 Å². The molecular weight excluding hydrogens is 494 g/mol. The number of hydrogen-bond acceptors (Lipinski definition) is 11. The molecule has 0 radical (unpaired) electrons. The van der Waals surface area contributed by atoms with Gasteiger partial charge in [-0.25, -0.2) is 14.2 Å². The lowest BCUT2D eigenvalue weighted by Crippen LogP contribution is -2.36. The van der Waals surface area contributed by atoms with E-state index in [1.54, 1.807) is 12.1 Å². The molecule has 2 aromatic heterocycles. The minimum Gasteiger partial charge on any atom is -0.378 e. The number of carbonyl (C=O) groups is 1. The van der Waals surface area contributed by atoms with E-state index in [1.165, 1.54) is 24.9 Å². The van der Waals surface area contributed by atoms with Gasteiger partial charge in [0.25, 0.3) is 5.91 Å². The van der Waals surface area contributed by atoms with Crippen LogP contribution in [0.5, 0.6) is 0 Å². The van der Waals surface area contributed by atoms with Gasteiger partial charge in [-0.2, -0.15) is 14.3 Å². The van der Waals surface area contributed by atoms with E-state index in [1.807, 2.05) is 24.3 Å². The van der Waals surface area contributed by atoms with Gasteiger partial charge in [-0.15, -0.1) is 6.58 Å². The average Bonchev–Trinajstić information content (AvgIpc) is 2.88. The minimum absolute atomic E-state index is 0. The molecule has 1 aliphatic heterocycles. The lowest BCUT2D eigenvalue weighted by atomic mass is 10.2. The molecule has 3 N–H and O–H groups in total. The van der Waals surface area contributed by atoms with Crippen LogP contribution in [0.3, 0.4) is 0 Å². The molecular formula is C24H31N9O3S. The largest absolute Gasteiger partial charge is 0.378 e. The number of carbonyl (C=O) groups excluding carboxylic acids is 1. The first-order valence-electron chi connectivity index (χ1n) is 11.5. The number of rotatable bonds is 9. The second-order valence-electron chi connectivity index (χ2n) is 8.36. The van der Waals surface area contributed by atoms with Crippen LogP contribution in [0.4, 0.5) is 34.9 Å². The third-order valence-electron chi connectivity index (χ3n) is 5.12. The Balaban J connectivity index is 0.00000400. The van der Waals surface area contributed by atoms with E-state index in [0.717, 1.165) is 24.5 Å². The van der Waals surface area contributed by atoms with E-state index < -0.39 is 15.6 Å². The van der Waals surface area contributed by atoms with Crippen LogP contribution in [-0.2, 0) is 14.5 Å². The highest BCUT2D eigenvalue weighted by Gasteiger charge is 2.17. The van der Waals surface area contributed by atoms with Crippen molar-refractivity contribution in [2.75, 3.05) is 60.9 Å². The first kappa shape index (κ1) is 26.0. The maximum atomic E-state index is 12.7. The number of morpholine rings is 1. The molecule has 1 saturated heterocycles. The summed E-state index contributed by atoms with van der Waals surface area (Å²) in [5.74, 6) is 0.456. The highest BCUT2D eigenvalue weighted by atomic mass is 32.2. The molecule has 4 rings (SSSR count). The Labute approximate surface area is 217 Å². The predicted molar refractivity (Wildman–Crippen MR) is 147 cm³/mol. The number of aromatic nitrogens is 4. The van der Waals surface area contributed by atoms with Crippen molar-refractivity contribution in [1.82, 2.24) is 25.3 Å². The molecule has 0 saturated carbocycles. The molecule has 0 spiro atoms. The molecule has 12 nitrogen and oxygen atoms in total. The van der Waals surface area contributed by atoms with Crippen LogP contribution in [0, 0.1) is 0 Å². The molecule has 37 heavy (non-hydrogen) atoms. The zero-order chi connectivity index (χ0) is 26.3. The fourth-order valence-electron chi connectivity index (χ4n) is 3.46. The van der Waals surface area contributed by atoms with Crippen molar-refractivity contribution < 1.29 is 15.2 Å². The lowest BCUT2D eigenvalue weighted by molar-refractivity contribution is 0.0958. The van der Waals surface area contributed by atoms with Crippen LogP contribution in [0.25, 0.3) is 0 Å². The van der Waals surface area contributed by atoms with Gasteiger partial charge in [-0.05, 0) is 24.3 Å². The third-order valence-corrected chi connectivity index (χ3v) is 5.75. The molecule has 0 bridgehead atoms. The number of amides is 1. The van der Waals surface area contributed by atoms with Gasteiger partial charge in [-0.3, -0.25) is 4.79 Å². The zero-order valence-corrected chi connectivity index (χ0v) is 21.5. The SMILES string of the molecule is C=CCNC(=O)c1cnc(Nc2ccc(N3CCOCC3)cc2)nc1Nc1nccc(N=S(C)(C)=O)n1.[HH]. The maximum absolute atomic E-state index is 12.7. The van der Waals surface area contributed by atoms with Crippen molar-refractivity contribution in [1.29, 1.82) is 0 Å². The fourth-order valence-corrected chi connectivity index (χ4v) is 4.01. The highest BCUT2D eigenvalue weighted by molar-refractivity contribution is 7.92. The van der Waals surface area contributed by atoms with Gasteiger partial charge < -0.3 is 25.6 Å². The van der Waals surface area contributed by atoms with E-state index in [0.29, 0.717) is 13.2 Å². The van der Waals surface area contributed by atoms with E-state index in [4.69, 9.17) is 4.74 Å². The maximum Gasteiger partial charge on any atom is 0.256 e. The number of hydrogen-bond donors (Lipinski definition) is 3. The number of benzene rings is 1. The molecule has 0 unspecified atom stereocenters. The van der Waals surface area contributed by atoms with Crippen LogP contribution in [0.15, 0.2) is 59.7 Å². The van der Waals surface area contributed by atoms with Gasteiger partial charge in [0, 0.05) is 73.1 Å². The van der Waals surface area contributed by atoms with Crippen LogP contribution in [0.1, 0.15) is 11.8 Å². The second-order valence-corrected chi connectivity index (χ2v) is 10.9. The average molecular weight is 526 g/mol. The molecule has 1 fully saturated rings. The summed E-state index contributed by atoms with van der Waals surface area (Å²) in [5, 5.41) is 8.84. The standard InChI is InChI=1S/C24H29N9O3S.H2/c1-4-10-25-22(34)19-16-27-24(28-17-5-7-18(8-6-17)33-12-14-36-15-13-33)31-21(19)30-23-26-11-9-20(29-23)32-37(2,3)35;/h4-9,11,16H,1,10,12-15H2,2-3H3,(H,25,34)(H2,26,27,28,29,30,31);1H. The van der Waals surface area contributed by atoms with Gasteiger partial charge >= 0.3 is 0 Å². The van der Waals surface area contributed by atoms with Gasteiger partial charge in [0.2, 0.25) is 11.9 Å². The number of nitrogens with zero attached hydrogens (tertiary/aromatic N) is 6. The molecule has 0 aliphatic carbocycles. The summed E-state index contributed by atoms with van der Waals surface area (Å²) in [6.45, 7) is 7.03. The van der Waals surface area contributed by atoms with Crippen molar-refractivity contribution in [2.24, 2.45) is 4.36 Å². The van der Waals surface area contributed by atoms with Crippen LogP contribution in [-0.4, -0.2) is 75.4 Å². The topological polar surface area (TPSA) is 147 Å². The third kappa shape index (κ3) is 7.44. The number of nitrogens with one attached hydrogen (secondary N) is 3. The first-order chi connectivity index (χ1) is 17.8. The summed E-state index contributed by atoms with van der Waals surface area (Å²) in [7, 11) is -2.41. The highest BCUT2D eigenvalue weighted by Crippen LogP contribution is 2.23. The van der Waals surface area contributed by atoms with Gasteiger partial charge in [0.1, 0.15) is 5.56 Å². The van der Waals surface area contributed by atoms with Crippen LogP contribution < -0.4 is 20.9 Å². The molecule has 13 heteroatoms. The fraction of sp³-hybridized carbons (Fsp3) is 0.292. The predicted octanol–water partition coefficient (Wildman–Crippen LogP) is 3.11. The summed E-state index contributed by atoms with van der Waals surface area (Å²) >= 11 is 0. The summed E-state index contributed by atoms with van der Waals surface area (Å²) in [6.07, 6.45) is 7.49. The Morgan fingerprint density at radius 1 is 1.14 bits per heavy atom. The summed E-state index contributed by atoms with van der Waals surface area (Å²) in [4.78, 5) is 32.2. The minimum atomic E-state index is -2.41. The summed E-state index contributed by atoms with van der Waals surface area (Å²) < 4.78 is 21.6. The molecule has 196 valence electrons. The normalized spacial score (nSPS) is 13.5. The Kier molecular flexibility index (Phi) is 8.25. The monoisotopic (exact) mass is 525 g/mol. The van der Waals surface area contributed by atoms with Crippen LogP contribution in [0.2, 0.25) is 0 Å². The number of ether oxygens (including phenoxy) is 1. The Morgan fingerprint density at radius 2 is 1.86 bits per heavy atom. The zero-order valence-electron chi connectivity index (χ0n) is 20.7. The van der Waals surface area contributed by atoms with E-state index >= 15 is 0 Å². The summed E-state index contributed by atoms with van der Waals surface area (Å²) in [5.41, 5.74) is 2.08. The van der Waals surface area contributed by atoms with Crippen molar-refractivity contribution in [3.63, 3.8) is 0 Å². The molecule has 0 atom stereocenters. The van der Waals surface area contributed by atoms with Gasteiger partial charge in [0.15, 0.2) is 11.6 Å². The van der Waals surface area contributed by atoms with Crippen molar-refractivity contribution >= 4 is 50.5 Å². The van der Waals surface area contributed by atoms with E-state index in [-0.39, 0.29) is 37.1 Å². The van der Waals surface area contributed by atoms with Crippen molar-refractivity contribution in [3.05, 3.63) is 60.9 Å². The molecule has 3 heterocycles. The molecule has 3 aromatic rings. The van der Waals surface area contributed by atoms with E-state index in [9.17, 15) is 9.00 Å². The van der Waals surface area contributed by atoms with E-state index in [2.05, 4.69) is 51.7 Å². The Bertz CT molecular complexity index is 1380. The quantitative estimate of drug-likeness (QED) is 0.356. The number of anilines is 5. The second kappa shape index (κ2) is 11.8. The molecule has 1 aromatic carbocycles. The lowest BCUT2D eigenvalue weighted by Gasteiger charge is -2.28. The van der Waals surface area contributed by atoms with Crippen LogP contribution >= 0.6 is 0 Å². The van der Waals surface area contributed by atoms with Gasteiger partial charge in [-0.1, -0.05) is 6.08 Å².